The van der Waals surface area contributed by atoms with Gasteiger partial charge in [-0.05, 0) is 42.4 Å². The fourth-order valence-electron chi connectivity index (χ4n) is 2.25. The summed E-state index contributed by atoms with van der Waals surface area (Å²) in [5.74, 6) is -0.401. The fraction of sp³-hybridized carbons (Fsp3) is 0.118. The molecular formula is C17H13N3O6S. The van der Waals surface area contributed by atoms with Crippen LogP contribution in [0.2, 0.25) is 0 Å². The molecule has 2 heterocycles. The minimum atomic E-state index is -1.20. The van der Waals surface area contributed by atoms with E-state index in [0.29, 0.717) is 11.5 Å². The molecule has 3 rings (SSSR count). The average molecular weight is 387 g/mol. The zero-order chi connectivity index (χ0) is 19.6. The van der Waals surface area contributed by atoms with Crippen molar-refractivity contribution in [2.75, 3.05) is 0 Å². The first kappa shape index (κ1) is 18.4. The maximum absolute atomic E-state index is 11.5. The number of nitrogens with zero attached hydrogens (tertiary/aromatic N) is 3. The Kier molecular flexibility index (Phi) is 5.08. The van der Waals surface area contributed by atoms with Crippen molar-refractivity contribution < 1.29 is 23.7 Å². The molecule has 1 aromatic carbocycles. The lowest BCUT2D eigenvalue weighted by atomic mass is 10.1. The Labute approximate surface area is 156 Å². The minimum Gasteiger partial charge on any atom is -0.477 e. The maximum atomic E-state index is 11.5. The summed E-state index contributed by atoms with van der Waals surface area (Å²) in [6.45, 7) is 3.34. The van der Waals surface area contributed by atoms with Crippen molar-refractivity contribution in [3.8, 4) is 11.3 Å². The van der Waals surface area contributed by atoms with Gasteiger partial charge in [0, 0.05) is 19.1 Å². The summed E-state index contributed by atoms with van der Waals surface area (Å²) in [5.41, 5.74) is 0.966. The first-order valence-electron chi connectivity index (χ1n) is 7.61. The van der Waals surface area contributed by atoms with Gasteiger partial charge in [0.15, 0.2) is 0 Å². The molecule has 0 unspecified atom stereocenters. The third-order valence-electron chi connectivity index (χ3n) is 3.43. The molecule has 0 radical (unpaired) electrons. The predicted molar refractivity (Wildman–Crippen MR) is 96.0 cm³/mol. The SMILES string of the molecule is Cc1ccc(-c2ccc(/C=C(\Sc3nnc(C)o3)C(=O)O)o2)c([N+](=O)[O-])c1. The van der Waals surface area contributed by atoms with Gasteiger partial charge in [0.25, 0.3) is 10.9 Å². The Morgan fingerprint density at radius 3 is 2.63 bits per heavy atom. The summed E-state index contributed by atoms with van der Waals surface area (Å²) in [7, 11) is 0. The van der Waals surface area contributed by atoms with Crippen molar-refractivity contribution >= 4 is 29.5 Å². The van der Waals surface area contributed by atoms with Gasteiger partial charge in [0.1, 0.15) is 16.4 Å². The zero-order valence-corrected chi connectivity index (χ0v) is 15.0. The number of rotatable bonds is 6. The van der Waals surface area contributed by atoms with Crippen LogP contribution in [0.4, 0.5) is 5.69 Å². The van der Waals surface area contributed by atoms with Gasteiger partial charge >= 0.3 is 5.97 Å². The number of furan rings is 1. The number of benzene rings is 1. The molecule has 0 aliphatic carbocycles. The molecule has 0 bridgehead atoms. The molecule has 9 nitrogen and oxygen atoms in total. The van der Waals surface area contributed by atoms with Crippen molar-refractivity contribution in [2.45, 2.75) is 19.1 Å². The van der Waals surface area contributed by atoms with Crippen LogP contribution in [0.1, 0.15) is 17.2 Å². The van der Waals surface area contributed by atoms with Crippen LogP contribution < -0.4 is 0 Å². The van der Waals surface area contributed by atoms with Gasteiger partial charge in [0.05, 0.1) is 10.5 Å². The molecule has 138 valence electrons. The normalized spacial score (nSPS) is 11.6. The van der Waals surface area contributed by atoms with Crippen molar-refractivity contribution in [3.63, 3.8) is 0 Å². The number of thioether (sulfide) groups is 1. The van der Waals surface area contributed by atoms with E-state index in [0.717, 1.165) is 17.3 Å². The van der Waals surface area contributed by atoms with Crippen molar-refractivity contribution in [2.24, 2.45) is 0 Å². The van der Waals surface area contributed by atoms with Crippen molar-refractivity contribution in [3.05, 3.63) is 62.6 Å². The van der Waals surface area contributed by atoms with Crippen LogP contribution >= 0.6 is 11.8 Å². The summed E-state index contributed by atoms with van der Waals surface area (Å²) in [6, 6.07) is 7.85. The molecule has 0 saturated carbocycles. The van der Waals surface area contributed by atoms with E-state index in [2.05, 4.69) is 10.2 Å². The number of aryl methyl sites for hydroxylation is 2. The third-order valence-corrected chi connectivity index (χ3v) is 4.28. The number of carboxylic acids is 1. The highest BCUT2D eigenvalue weighted by molar-refractivity contribution is 8.03. The molecule has 0 atom stereocenters. The van der Waals surface area contributed by atoms with Gasteiger partial charge in [-0.1, -0.05) is 6.07 Å². The first-order valence-corrected chi connectivity index (χ1v) is 8.43. The van der Waals surface area contributed by atoms with E-state index in [1.54, 1.807) is 32.0 Å². The molecule has 10 heteroatoms. The van der Waals surface area contributed by atoms with Crippen LogP contribution in [0.25, 0.3) is 17.4 Å². The van der Waals surface area contributed by atoms with E-state index >= 15 is 0 Å². The van der Waals surface area contributed by atoms with Crippen LogP contribution in [-0.4, -0.2) is 26.2 Å². The highest BCUT2D eigenvalue weighted by Gasteiger charge is 2.19. The molecule has 27 heavy (non-hydrogen) atoms. The van der Waals surface area contributed by atoms with E-state index in [9.17, 15) is 20.0 Å². The Morgan fingerprint density at radius 1 is 1.22 bits per heavy atom. The Morgan fingerprint density at radius 2 is 2.00 bits per heavy atom. The van der Waals surface area contributed by atoms with Crippen molar-refractivity contribution in [1.82, 2.24) is 10.2 Å². The molecule has 0 aliphatic rings. The molecule has 0 aliphatic heterocycles. The average Bonchev–Trinajstić information content (AvgIpc) is 3.23. The molecule has 2 aromatic heterocycles. The molecule has 0 saturated heterocycles. The molecule has 3 aromatic rings. The number of aliphatic carboxylic acids is 1. The molecule has 0 amide bonds. The number of carbonyl (C=O) groups is 1. The lowest BCUT2D eigenvalue weighted by molar-refractivity contribution is -0.384. The van der Waals surface area contributed by atoms with E-state index in [1.807, 2.05) is 0 Å². The summed E-state index contributed by atoms with van der Waals surface area (Å²) < 4.78 is 10.8. The van der Waals surface area contributed by atoms with Crippen LogP contribution in [-0.2, 0) is 4.79 Å². The van der Waals surface area contributed by atoms with Gasteiger partial charge in [-0.2, -0.15) is 0 Å². The highest BCUT2D eigenvalue weighted by atomic mass is 32.2. The summed E-state index contributed by atoms with van der Waals surface area (Å²) in [6.07, 6.45) is 1.29. The largest absolute Gasteiger partial charge is 0.477 e. The number of carboxylic acid groups (broad SMARTS) is 1. The molecular weight excluding hydrogens is 374 g/mol. The number of nitro benzene ring substituents is 1. The number of hydrogen-bond acceptors (Lipinski definition) is 8. The second kappa shape index (κ2) is 7.46. The second-order valence-electron chi connectivity index (χ2n) is 5.48. The topological polar surface area (TPSA) is 132 Å². The molecule has 1 N–H and O–H groups in total. The van der Waals surface area contributed by atoms with E-state index in [4.69, 9.17) is 8.83 Å². The number of aromatic nitrogens is 2. The first-order chi connectivity index (χ1) is 12.8. The predicted octanol–water partition coefficient (Wildman–Crippen LogP) is 4.07. The third kappa shape index (κ3) is 4.23. The zero-order valence-electron chi connectivity index (χ0n) is 14.2. The van der Waals surface area contributed by atoms with Crippen LogP contribution in [0.15, 0.2) is 49.3 Å². The van der Waals surface area contributed by atoms with Crippen molar-refractivity contribution in [1.29, 1.82) is 0 Å². The standard InChI is InChI=1S/C17H13N3O6S/c1-9-3-5-12(13(7-9)20(23)24)14-6-4-11(26-14)8-15(16(21)22)27-17-19-18-10(2)25-17/h3-8H,1-2H3,(H,21,22)/b15-8-. The van der Waals surface area contributed by atoms with E-state index in [-0.39, 0.29) is 27.3 Å². The summed E-state index contributed by atoms with van der Waals surface area (Å²) in [5, 5.41) is 28.1. The van der Waals surface area contributed by atoms with Crippen LogP contribution in [0.3, 0.4) is 0 Å². The Balaban J connectivity index is 1.93. The quantitative estimate of drug-likeness (QED) is 0.287. The Bertz CT molecular complexity index is 1050. The maximum Gasteiger partial charge on any atom is 0.342 e. The van der Waals surface area contributed by atoms with Gasteiger partial charge in [-0.25, -0.2) is 4.79 Å². The van der Waals surface area contributed by atoms with E-state index < -0.39 is 10.9 Å². The molecule has 0 fully saturated rings. The van der Waals surface area contributed by atoms with Crippen LogP contribution in [0.5, 0.6) is 0 Å². The van der Waals surface area contributed by atoms with Gasteiger partial charge in [-0.15, -0.1) is 10.2 Å². The fourth-order valence-corrected chi connectivity index (χ4v) is 2.95. The van der Waals surface area contributed by atoms with Crippen LogP contribution in [0, 0.1) is 24.0 Å². The monoisotopic (exact) mass is 387 g/mol. The number of nitro groups is 1. The number of hydrogen-bond donors (Lipinski definition) is 1. The lowest BCUT2D eigenvalue weighted by Gasteiger charge is -2.01. The van der Waals surface area contributed by atoms with Gasteiger partial charge in [-0.3, -0.25) is 10.1 Å². The van der Waals surface area contributed by atoms with Gasteiger partial charge < -0.3 is 13.9 Å². The molecule has 0 spiro atoms. The smallest absolute Gasteiger partial charge is 0.342 e. The summed E-state index contributed by atoms with van der Waals surface area (Å²) >= 11 is 0.781. The minimum absolute atomic E-state index is 0.0853. The van der Waals surface area contributed by atoms with Gasteiger partial charge in [0.2, 0.25) is 5.89 Å². The Hall–Kier alpha value is -3.40. The summed E-state index contributed by atoms with van der Waals surface area (Å²) in [4.78, 5) is 22.1. The van der Waals surface area contributed by atoms with E-state index in [1.165, 1.54) is 18.2 Å². The second-order valence-corrected chi connectivity index (χ2v) is 6.48. The highest BCUT2D eigenvalue weighted by Crippen LogP contribution is 2.33. The lowest BCUT2D eigenvalue weighted by Crippen LogP contribution is -1.96.